The van der Waals surface area contributed by atoms with E-state index >= 15 is 0 Å². The van der Waals surface area contributed by atoms with Crippen molar-refractivity contribution in [3.05, 3.63) is 89.3 Å². The van der Waals surface area contributed by atoms with Crippen LogP contribution in [0.25, 0.3) is 16.6 Å². The molecule has 6 amide bonds. The standard InChI is InChI=1S/C41H46ClN11O8/c1-41(2,3)61-39(59)33-21-26-20-29(10-11-30(26)46-33)44-35(55)32(48-37(57)36(56)47-31-22-27(42)7-12-34(31)53-23-43-49-50-53)19-24-5-8-28(9-6-24)45-40(60)52-15-13-25(14-16-52)38(58)51(4)17-18-54/h5-12,20-23,25,32,46,54H,13-19H2,1-4H3,(H,44,55)(H,45,60)(H,47,56)(H,48,57)/t32-/m0/s1. The van der Waals surface area contributed by atoms with Gasteiger partial charge in [-0.05, 0) is 104 Å². The van der Waals surface area contributed by atoms with Gasteiger partial charge in [-0.2, -0.15) is 4.68 Å². The smallest absolute Gasteiger partial charge is 0.355 e. The van der Waals surface area contributed by atoms with E-state index in [9.17, 15) is 28.8 Å². The van der Waals surface area contributed by atoms with Crippen molar-refractivity contribution in [1.29, 1.82) is 0 Å². The number of amides is 6. The number of anilines is 3. The monoisotopic (exact) mass is 855 g/mol. The Bertz CT molecular complexity index is 2410. The fourth-order valence-corrected chi connectivity index (χ4v) is 6.81. The van der Waals surface area contributed by atoms with Gasteiger partial charge in [0.05, 0.1) is 18.0 Å². The first-order chi connectivity index (χ1) is 29.1. The number of esters is 1. The number of benzene rings is 3. The van der Waals surface area contributed by atoms with Crippen LogP contribution in [0.1, 0.15) is 49.7 Å². The number of aromatic nitrogens is 5. The van der Waals surface area contributed by atoms with Crippen LogP contribution in [-0.2, 0) is 30.3 Å². The normalized spacial score (nSPS) is 13.6. The molecule has 0 spiro atoms. The van der Waals surface area contributed by atoms with E-state index < -0.39 is 35.3 Å². The van der Waals surface area contributed by atoms with Crippen molar-refractivity contribution in [3.8, 4) is 5.69 Å². The molecule has 1 saturated heterocycles. The molecule has 0 aliphatic carbocycles. The summed E-state index contributed by atoms with van der Waals surface area (Å²) in [5.41, 5.74) is 2.02. The molecule has 320 valence electrons. The maximum Gasteiger partial charge on any atom is 0.355 e. The highest BCUT2D eigenvalue weighted by Gasteiger charge is 2.30. The summed E-state index contributed by atoms with van der Waals surface area (Å²) in [6.07, 6.45) is 2.24. The van der Waals surface area contributed by atoms with Crippen LogP contribution >= 0.6 is 11.6 Å². The maximum absolute atomic E-state index is 13.9. The highest BCUT2D eigenvalue weighted by molar-refractivity contribution is 6.40. The van der Waals surface area contributed by atoms with Crippen LogP contribution in [0.5, 0.6) is 0 Å². The van der Waals surface area contributed by atoms with Crippen LogP contribution in [0.2, 0.25) is 5.02 Å². The summed E-state index contributed by atoms with van der Waals surface area (Å²) in [7, 11) is 1.65. The van der Waals surface area contributed by atoms with Crippen molar-refractivity contribution in [1.82, 2.24) is 40.3 Å². The van der Waals surface area contributed by atoms with Gasteiger partial charge in [-0.15, -0.1) is 5.10 Å². The van der Waals surface area contributed by atoms with Crippen LogP contribution in [0.15, 0.2) is 73.1 Å². The van der Waals surface area contributed by atoms with Crippen molar-refractivity contribution < 1.29 is 38.6 Å². The highest BCUT2D eigenvalue weighted by Crippen LogP contribution is 2.25. The molecule has 0 radical (unpaired) electrons. The second kappa shape index (κ2) is 19.0. The predicted octanol–water partition coefficient (Wildman–Crippen LogP) is 3.75. The molecule has 2 aromatic heterocycles. The summed E-state index contributed by atoms with van der Waals surface area (Å²) in [6, 6.07) is 16.1. The topological polar surface area (TPSA) is 246 Å². The summed E-state index contributed by atoms with van der Waals surface area (Å²) in [6.45, 7) is 6.18. The predicted molar refractivity (Wildman–Crippen MR) is 225 cm³/mol. The van der Waals surface area contributed by atoms with Gasteiger partial charge in [-0.3, -0.25) is 19.2 Å². The number of fused-ring (bicyclic) bond motifs is 1. The minimum Gasteiger partial charge on any atom is -0.455 e. The van der Waals surface area contributed by atoms with Gasteiger partial charge in [0.15, 0.2) is 0 Å². The number of hydrogen-bond acceptors (Lipinski definition) is 11. The molecule has 19 nitrogen and oxygen atoms in total. The van der Waals surface area contributed by atoms with E-state index in [1.54, 1.807) is 93.4 Å². The van der Waals surface area contributed by atoms with E-state index in [4.69, 9.17) is 21.4 Å². The van der Waals surface area contributed by atoms with E-state index in [1.165, 1.54) is 22.0 Å². The molecule has 1 atom stereocenters. The zero-order chi connectivity index (χ0) is 43.8. The lowest BCUT2D eigenvalue weighted by atomic mass is 9.95. The van der Waals surface area contributed by atoms with Gasteiger partial charge in [0, 0.05) is 66.3 Å². The summed E-state index contributed by atoms with van der Waals surface area (Å²) in [5.74, 6) is -3.69. The zero-order valence-corrected chi connectivity index (χ0v) is 34.7. The van der Waals surface area contributed by atoms with Crippen LogP contribution in [-0.4, -0.2) is 121 Å². The van der Waals surface area contributed by atoms with Gasteiger partial charge in [0.1, 0.15) is 23.7 Å². The number of halogens is 1. The Kier molecular flexibility index (Phi) is 13.6. The number of ether oxygens (including phenoxy) is 1. The number of nitrogens with one attached hydrogen (secondary N) is 5. The molecule has 5 aromatic rings. The number of likely N-dealkylation sites (tertiary alicyclic amines) is 1. The number of aliphatic hydroxyl groups excluding tert-OH is 1. The average Bonchev–Trinajstić information content (AvgIpc) is 3.92. The Labute approximate surface area is 355 Å². The van der Waals surface area contributed by atoms with Crippen LogP contribution in [0.4, 0.5) is 21.9 Å². The largest absolute Gasteiger partial charge is 0.455 e. The fourth-order valence-electron chi connectivity index (χ4n) is 6.64. The Morgan fingerprint density at radius 2 is 1.66 bits per heavy atom. The third-order valence-electron chi connectivity index (χ3n) is 9.73. The van der Waals surface area contributed by atoms with Crippen molar-refractivity contribution in [3.63, 3.8) is 0 Å². The number of urea groups is 1. The van der Waals surface area contributed by atoms with E-state index in [0.29, 0.717) is 59.5 Å². The number of hydrogen-bond donors (Lipinski definition) is 6. The Balaban J connectivity index is 1.15. The Morgan fingerprint density at radius 1 is 0.934 bits per heavy atom. The molecule has 61 heavy (non-hydrogen) atoms. The van der Waals surface area contributed by atoms with Crippen LogP contribution < -0.4 is 21.3 Å². The lowest BCUT2D eigenvalue weighted by Crippen LogP contribution is -2.49. The molecule has 0 unspecified atom stereocenters. The minimum absolute atomic E-state index is 0.0553. The van der Waals surface area contributed by atoms with Gasteiger partial charge in [-0.1, -0.05) is 23.7 Å². The van der Waals surface area contributed by atoms with Crippen molar-refractivity contribution in [2.45, 2.75) is 51.7 Å². The summed E-state index contributed by atoms with van der Waals surface area (Å²) in [4.78, 5) is 85.3. The third kappa shape index (κ3) is 11.5. The second-order valence-corrected chi connectivity index (χ2v) is 15.9. The third-order valence-corrected chi connectivity index (χ3v) is 9.96. The summed E-state index contributed by atoms with van der Waals surface area (Å²) in [5, 5.41) is 31.8. The Morgan fingerprint density at radius 3 is 2.33 bits per heavy atom. The number of aliphatic hydroxyl groups is 1. The zero-order valence-electron chi connectivity index (χ0n) is 33.9. The van der Waals surface area contributed by atoms with E-state index in [-0.39, 0.29) is 53.8 Å². The highest BCUT2D eigenvalue weighted by atomic mass is 35.5. The van der Waals surface area contributed by atoms with Crippen molar-refractivity contribution in [2.75, 3.05) is 49.2 Å². The van der Waals surface area contributed by atoms with E-state index in [0.717, 1.165) is 0 Å². The first-order valence-corrected chi connectivity index (χ1v) is 19.8. The molecule has 6 rings (SSSR count). The van der Waals surface area contributed by atoms with E-state index in [2.05, 4.69) is 41.8 Å². The van der Waals surface area contributed by atoms with Gasteiger partial charge in [0.25, 0.3) is 0 Å². The van der Waals surface area contributed by atoms with Crippen molar-refractivity contribution in [2.24, 2.45) is 5.92 Å². The van der Waals surface area contributed by atoms with Gasteiger partial charge in [-0.25, -0.2) is 9.59 Å². The average molecular weight is 856 g/mol. The molecule has 3 aromatic carbocycles. The number of H-pyrrole nitrogens is 1. The fraction of sp³-hybridized carbons (Fsp3) is 0.341. The molecule has 0 saturated carbocycles. The van der Waals surface area contributed by atoms with Gasteiger partial charge in [0.2, 0.25) is 11.8 Å². The number of tetrazole rings is 1. The van der Waals surface area contributed by atoms with Gasteiger partial charge < -0.3 is 45.9 Å². The molecule has 6 N–H and O–H groups in total. The second-order valence-electron chi connectivity index (χ2n) is 15.4. The molecule has 1 aliphatic rings. The number of aromatic amines is 1. The first-order valence-electron chi connectivity index (χ1n) is 19.4. The molecule has 20 heteroatoms. The van der Waals surface area contributed by atoms with Crippen molar-refractivity contribution >= 4 is 75.2 Å². The van der Waals surface area contributed by atoms with Crippen LogP contribution in [0.3, 0.4) is 0 Å². The molecule has 3 heterocycles. The number of nitrogens with zero attached hydrogens (tertiary/aromatic N) is 6. The number of carbonyl (C=O) groups excluding carboxylic acids is 6. The summed E-state index contributed by atoms with van der Waals surface area (Å²) >= 11 is 6.19. The minimum atomic E-state index is -1.28. The first kappa shape index (κ1) is 43.7. The number of piperidine rings is 1. The van der Waals surface area contributed by atoms with Crippen LogP contribution in [0, 0.1) is 5.92 Å². The maximum atomic E-state index is 13.9. The lowest BCUT2D eigenvalue weighted by molar-refractivity contribution is -0.137. The van der Waals surface area contributed by atoms with E-state index in [1.807, 2.05) is 0 Å². The Hall–Kier alpha value is -6.86. The summed E-state index contributed by atoms with van der Waals surface area (Å²) < 4.78 is 6.74. The number of likely N-dealkylation sites (N-methyl/N-ethyl adjacent to an activating group) is 1. The number of rotatable bonds is 12. The molecular formula is C41H46ClN11O8. The molecule has 0 bridgehead atoms. The molecular weight excluding hydrogens is 810 g/mol. The molecule has 1 aliphatic heterocycles. The lowest BCUT2D eigenvalue weighted by Gasteiger charge is -2.33. The van der Waals surface area contributed by atoms with Gasteiger partial charge >= 0.3 is 23.8 Å². The number of carbonyl (C=O) groups is 6. The quantitative estimate of drug-likeness (QED) is 0.0780. The molecule has 1 fully saturated rings. The SMILES string of the molecule is CN(CCO)C(=O)C1CCN(C(=O)Nc2ccc(C[C@H](NC(=O)C(=O)Nc3cc(Cl)ccc3-n3cnnn3)C(=O)Nc3ccc4[nH]c(C(=O)OC(C)(C)C)cc4c3)cc2)CC1.